The van der Waals surface area contributed by atoms with E-state index in [2.05, 4.69) is 11.0 Å². The van der Waals surface area contributed by atoms with Crippen LogP contribution in [0.1, 0.15) is 5.56 Å². The summed E-state index contributed by atoms with van der Waals surface area (Å²) in [6, 6.07) is 10.1. The van der Waals surface area contributed by atoms with Crippen LogP contribution in [0.25, 0.3) is 6.08 Å². The van der Waals surface area contributed by atoms with Crippen molar-refractivity contribution < 1.29 is 14.9 Å². The molecule has 2 N–H and O–H groups in total. The number of hydrogen-bond donors (Lipinski definition) is 1. The first-order valence-corrected chi connectivity index (χ1v) is 5.12. The minimum absolute atomic E-state index is 0.301. The van der Waals surface area contributed by atoms with Gasteiger partial charge in [0.05, 0.1) is 7.11 Å². The molecule has 3 nitrogen and oxygen atoms in total. The van der Waals surface area contributed by atoms with Gasteiger partial charge in [0.1, 0.15) is 0 Å². The van der Waals surface area contributed by atoms with Gasteiger partial charge in [-0.3, -0.25) is 10.1 Å². The van der Waals surface area contributed by atoms with Gasteiger partial charge in [-0.15, -0.1) is 0 Å². The van der Waals surface area contributed by atoms with Crippen molar-refractivity contribution >= 4 is 11.9 Å². The number of hydrogen-bond acceptors (Lipinski definition) is 2. The van der Waals surface area contributed by atoms with E-state index >= 15 is 0 Å². The summed E-state index contributed by atoms with van der Waals surface area (Å²) in [5.41, 5.74) is 2.26. The molecule has 0 saturated carbocycles. The molecular formula is C14H15O3+. The Morgan fingerprint density at radius 2 is 1.59 bits per heavy atom. The second-order valence-electron chi connectivity index (χ2n) is 3.33. The first-order chi connectivity index (χ1) is 8.26. The Morgan fingerprint density at radius 1 is 1.06 bits per heavy atom. The summed E-state index contributed by atoms with van der Waals surface area (Å²) in [4.78, 5) is 12.4. The number of carbonyl (C=O) groups excluding carboxylic acids is 1. The Kier molecular flexibility index (Phi) is 5.64. The monoisotopic (exact) mass is 231 g/mol. The molecule has 0 atom stereocenters. The molecule has 0 heterocycles. The molecule has 1 aromatic rings. The zero-order valence-corrected chi connectivity index (χ0v) is 9.58. The van der Waals surface area contributed by atoms with Gasteiger partial charge in [-0.05, 0) is 29.4 Å². The largest absolute Gasteiger partial charge is 0.340 e. The van der Waals surface area contributed by atoms with Crippen molar-refractivity contribution in [1.82, 2.24) is 0 Å². The molecule has 0 aliphatic heterocycles. The molecule has 0 spiro atoms. The van der Waals surface area contributed by atoms with Crippen molar-refractivity contribution in [1.29, 1.82) is 0 Å². The highest BCUT2D eigenvalue weighted by Gasteiger charge is 2.02. The van der Waals surface area contributed by atoms with Crippen LogP contribution < -0.4 is 0 Å². The third-order valence-corrected chi connectivity index (χ3v) is 2.03. The van der Waals surface area contributed by atoms with Gasteiger partial charge in [0.2, 0.25) is 0 Å². The van der Waals surface area contributed by atoms with Crippen molar-refractivity contribution in [2.24, 2.45) is 0 Å². The Balaban J connectivity index is 0.000000437. The first-order valence-electron chi connectivity index (χ1n) is 5.12. The number of ketones is 1. The first kappa shape index (κ1) is 13.1. The molecule has 0 fully saturated rings. The smallest absolute Gasteiger partial charge is 0.274 e. The maximum atomic E-state index is 9.11. The highest BCUT2D eigenvalue weighted by molar-refractivity contribution is 6.02. The van der Waals surface area contributed by atoms with Crippen molar-refractivity contribution in [3.8, 4) is 0 Å². The second kappa shape index (κ2) is 7.33. The van der Waals surface area contributed by atoms with Crippen LogP contribution in [0.15, 0.2) is 60.2 Å². The molecule has 1 aromatic carbocycles. The van der Waals surface area contributed by atoms with Gasteiger partial charge >= 0.3 is 5.78 Å². The van der Waals surface area contributed by atoms with Gasteiger partial charge in [-0.1, -0.05) is 30.3 Å². The Morgan fingerprint density at radius 3 is 2.12 bits per heavy atom. The average Bonchev–Trinajstić information content (AvgIpc) is 2.35. The molecule has 0 aromatic heterocycles. The zero-order valence-electron chi connectivity index (χ0n) is 9.58. The van der Waals surface area contributed by atoms with Crippen molar-refractivity contribution in [2.75, 3.05) is 7.11 Å². The fraction of sp³-hybridized carbons (Fsp3) is 0.0714. The fourth-order valence-corrected chi connectivity index (χ4v) is 1.31. The van der Waals surface area contributed by atoms with Crippen LogP contribution in [0.3, 0.4) is 0 Å². The van der Waals surface area contributed by atoms with Gasteiger partial charge in [0.15, 0.2) is 0 Å². The van der Waals surface area contributed by atoms with Crippen molar-refractivity contribution in [3.05, 3.63) is 65.8 Å². The van der Waals surface area contributed by atoms with E-state index < -0.39 is 0 Å². The van der Waals surface area contributed by atoms with Crippen molar-refractivity contribution in [2.45, 2.75) is 0 Å². The molecule has 0 radical (unpaired) electrons. The highest BCUT2D eigenvalue weighted by atomic mass is 17.1. The lowest BCUT2D eigenvalue weighted by Crippen LogP contribution is -1.91. The topological polar surface area (TPSA) is 50.9 Å². The molecule has 0 amide bonds. The summed E-state index contributed by atoms with van der Waals surface area (Å²) in [5.74, 6) is 0.301. The van der Waals surface area contributed by atoms with Crippen molar-refractivity contribution in [3.63, 3.8) is 0 Å². The van der Waals surface area contributed by atoms with Crippen LogP contribution in [-0.4, -0.2) is 22.9 Å². The van der Waals surface area contributed by atoms with E-state index in [0.29, 0.717) is 5.78 Å². The molecule has 1 aliphatic rings. The lowest BCUT2D eigenvalue weighted by molar-refractivity contribution is -0.214. The summed E-state index contributed by atoms with van der Waals surface area (Å²) in [5, 5.41) is 7.07. The van der Waals surface area contributed by atoms with Crippen LogP contribution >= 0.6 is 0 Å². The Bertz CT molecular complexity index is 424. The lowest BCUT2D eigenvalue weighted by Gasteiger charge is -1.97. The Labute approximate surface area is 100 Å². The molecular weight excluding hydrogens is 216 g/mol. The van der Waals surface area contributed by atoms with Gasteiger partial charge in [0, 0.05) is 12.2 Å². The molecule has 88 valence electrons. The predicted molar refractivity (Wildman–Crippen MR) is 69.3 cm³/mol. The second-order valence-corrected chi connectivity index (χ2v) is 3.33. The van der Waals surface area contributed by atoms with E-state index in [1.54, 1.807) is 12.2 Å². The van der Waals surface area contributed by atoms with E-state index in [0.717, 1.165) is 11.1 Å². The SMILES string of the molecule is COO.[OH+]=C1C=CC(=Cc2ccccc2)C=C1. The summed E-state index contributed by atoms with van der Waals surface area (Å²) < 4.78 is 0. The standard InChI is InChI=1S/C13H10O.CH4O2/c14-13-8-6-12(7-9-13)10-11-4-2-1-3-5-11;1-3-2/h1-10H;2H,1H3/p+1. The summed E-state index contributed by atoms with van der Waals surface area (Å²) in [6.45, 7) is 0. The van der Waals surface area contributed by atoms with Gasteiger partial charge in [-0.2, -0.15) is 0 Å². The normalized spacial score (nSPS) is 13.1. The van der Waals surface area contributed by atoms with Gasteiger partial charge < -0.3 is 0 Å². The summed E-state index contributed by atoms with van der Waals surface area (Å²) in [7, 11) is 1.18. The van der Waals surface area contributed by atoms with E-state index in [9.17, 15) is 0 Å². The maximum absolute atomic E-state index is 9.11. The third-order valence-electron chi connectivity index (χ3n) is 2.03. The zero-order chi connectivity index (χ0) is 12.5. The molecule has 0 saturated heterocycles. The molecule has 2 rings (SSSR count). The third kappa shape index (κ3) is 5.06. The number of benzene rings is 1. The predicted octanol–water partition coefficient (Wildman–Crippen LogP) is 2.85. The summed E-state index contributed by atoms with van der Waals surface area (Å²) in [6.07, 6.45) is 9.23. The average molecular weight is 231 g/mol. The van der Waals surface area contributed by atoms with Crippen LogP contribution in [0.4, 0.5) is 0 Å². The van der Waals surface area contributed by atoms with Crippen LogP contribution in [0, 0.1) is 0 Å². The van der Waals surface area contributed by atoms with E-state index in [4.69, 9.17) is 10.1 Å². The quantitative estimate of drug-likeness (QED) is 0.459. The van der Waals surface area contributed by atoms with Gasteiger partial charge in [-0.25, -0.2) is 4.89 Å². The molecule has 17 heavy (non-hydrogen) atoms. The van der Waals surface area contributed by atoms with Gasteiger partial charge in [0.25, 0.3) is 0 Å². The highest BCUT2D eigenvalue weighted by Crippen LogP contribution is 2.11. The molecule has 0 bridgehead atoms. The van der Waals surface area contributed by atoms with Crippen LogP contribution in [0.5, 0.6) is 0 Å². The van der Waals surface area contributed by atoms with E-state index in [1.807, 2.05) is 42.5 Å². The molecule has 0 unspecified atom stereocenters. The minimum Gasteiger partial charge on any atom is -0.274 e. The van der Waals surface area contributed by atoms with Crippen LogP contribution in [-0.2, 0) is 4.89 Å². The van der Waals surface area contributed by atoms with Crippen LogP contribution in [0.2, 0.25) is 0 Å². The maximum Gasteiger partial charge on any atom is 0.340 e. The van der Waals surface area contributed by atoms with E-state index in [1.165, 1.54) is 7.11 Å². The fourth-order valence-electron chi connectivity index (χ4n) is 1.31. The Hall–Kier alpha value is -1.97. The van der Waals surface area contributed by atoms with E-state index in [-0.39, 0.29) is 0 Å². The number of rotatable bonds is 1. The minimum atomic E-state index is 0.301. The lowest BCUT2D eigenvalue weighted by atomic mass is 10.1. The summed E-state index contributed by atoms with van der Waals surface area (Å²) >= 11 is 0. The molecule has 3 heteroatoms. The molecule has 1 aliphatic carbocycles. The number of allylic oxidation sites excluding steroid dienone is 5.